The molecule has 1 saturated heterocycles. The van der Waals surface area contributed by atoms with E-state index in [1.165, 1.54) is 11.3 Å². The number of methoxy groups -OCH3 is 1. The summed E-state index contributed by atoms with van der Waals surface area (Å²) in [4.78, 5) is 19.0. The van der Waals surface area contributed by atoms with Gasteiger partial charge in [-0.3, -0.25) is 4.79 Å². The number of piperidine rings is 1. The van der Waals surface area contributed by atoms with Crippen LogP contribution in [0.3, 0.4) is 0 Å². The molecule has 1 fully saturated rings. The average Bonchev–Trinajstić information content (AvgIpc) is 3.03. The molecule has 5 nitrogen and oxygen atoms in total. The van der Waals surface area contributed by atoms with E-state index < -0.39 is 0 Å². The lowest BCUT2D eigenvalue weighted by Gasteiger charge is -2.32. The highest BCUT2D eigenvalue weighted by atomic mass is 16.5. The Morgan fingerprint density at radius 3 is 2.67 bits per heavy atom. The molecule has 0 aliphatic carbocycles. The van der Waals surface area contributed by atoms with Gasteiger partial charge in [-0.1, -0.05) is 30.3 Å². The lowest BCUT2D eigenvalue weighted by atomic mass is 9.96. The molecule has 0 radical (unpaired) electrons. The van der Waals surface area contributed by atoms with Gasteiger partial charge < -0.3 is 14.2 Å². The van der Waals surface area contributed by atoms with Crippen LogP contribution in [0.5, 0.6) is 0 Å². The number of hydrogen-bond acceptors (Lipinski definition) is 3. The molecule has 1 aromatic heterocycles. The van der Waals surface area contributed by atoms with Crippen molar-refractivity contribution in [2.45, 2.75) is 52.2 Å². The van der Waals surface area contributed by atoms with Crippen molar-refractivity contribution < 1.29 is 9.53 Å². The van der Waals surface area contributed by atoms with E-state index in [-0.39, 0.29) is 0 Å². The van der Waals surface area contributed by atoms with Crippen molar-refractivity contribution in [3.8, 4) is 0 Å². The number of rotatable bonds is 8. The van der Waals surface area contributed by atoms with E-state index in [1.807, 2.05) is 12.3 Å². The molecule has 2 heterocycles. The molecule has 146 valence electrons. The van der Waals surface area contributed by atoms with E-state index in [9.17, 15) is 4.79 Å². The fourth-order valence-corrected chi connectivity index (χ4v) is 3.87. The number of carbonyl (C=O) groups excluding carboxylic acids is 1. The van der Waals surface area contributed by atoms with Gasteiger partial charge in [-0.2, -0.15) is 0 Å². The van der Waals surface area contributed by atoms with Gasteiger partial charge in [-0.05, 0) is 44.1 Å². The molecule has 3 rings (SSSR count). The van der Waals surface area contributed by atoms with E-state index in [0.29, 0.717) is 24.9 Å². The van der Waals surface area contributed by atoms with Crippen LogP contribution in [-0.2, 0) is 29.1 Å². The van der Waals surface area contributed by atoms with E-state index in [1.54, 1.807) is 7.11 Å². The monoisotopic (exact) mass is 369 g/mol. The Bertz CT molecular complexity index is 718. The zero-order valence-electron chi connectivity index (χ0n) is 16.6. The third-order valence-corrected chi connectivity index (χ3v) is 5.52. The Kier molecular flexibility index (Phi) is 7.04. The normalized spacial score (nSPS) is 15.3. The summed E-state index contributed by atoms with van der Waals surface area (Å²) >= 11 is 0. The van der Waals surface area contributed by atoms with Crippen LogP contribution in [0.4, 0.5) is 0 Å². The summed E-state index contributed by atoms with van der Waals surface area (Å²) < 4.78 is 7.52. The fourth-order valence-electron chi connectivity index (χ4n) is 3.87. The summed E-state index contributed by atoms with van der Waals surface area (Å²) in [5.41, 5.74) is 2.49. The molecule has 2 aromatic rings. The van der Waals surface area contributed by atoms with E-state index in [4.69, 9.17) is 4.74 Å². The van der Waals surface area contributed by atoms with Crippen LogP contribution >= 0.6 is 0 Å². The van der Waals surface area contributed by atoms with Crippen LogP contribution in [-0.4, -0.2) is 40.6 Å². The minimum atomic E-state index is 0.309. The van der Waals surface area contributed by atoms with Gasteiger partial charge in [-0.25, -0.2) is 4.98 Å². The topological polar surface area (TPSA) is 47.4 Å². The van der Waals surface area contributed by atoms with Crippen LogP contribution in [0.2, 0.25) is 0 Å². The number of aryl methyl sites for hydroxylation is 2. The highest BCUT2D eigenvalue weighted by Crippen LogP contribution is 2.22. The molecule has 0 atom stereocenters. The molecule has 1 aromatic carbocycles. The second-order valence-electron chi connectivity index (χ2n) is 7.52. The predicted octanol–water partition coefficient (Wildman–Crippen LogP) is 3.60. The van der Waals surface area contributed by atoms with Gasteiger partial charge in [-0.15, -0.1) is 0 Å². The van der Waals surface area contributed by atoms with Crippen molar-refractivity contribution in [2.75, 3.05) is 20.2 Å². The van der Waals surface area contributed by atoms with E-state index in [2.05, 4.69) is 45.6 Å². The number of ether oxygens (including phenoxy) is 1. The van der Waals surface area contributed by atoms with E-state index in [0.717, 1.165) is 51.1 Å². The Labute approximate surface area is 162 Å². The van der Waals surface area contributed by atoms with Gasteiger partial charge in [0.25, 0.3) is 0 Å². The first-order valence-corrected chi connectivity index (χ1v) is 9.99. The van der Waals surface area contributed by atoms with Crippen LogP contribution in [0.15, 0.2) is 36.5 Å². The molecule has 0 spiro atoms. The largest absolute Gasteiger partial charge is 0.377 e. The zero-order valence-corrected chi connectivity index (χ0v) is 16.6. The minimum absolute atomic E-state index is 0.309. The Hall–Kier alpha value is -2.14. The molecule has 1 amide bonds. The molecule has 0 unspecified atom stereocenters. The Morgan fingerprint density at radius 1 is 1.22 bits per heavy atom. The zero-order chi connectivity index (χ0) is 19.1. The van der Waals surface area contributed by atoms with Crippen molar-refractivity contribution in [3.63, 3.8) is 0 Å². The summed E-state index contributed by atoms with van der Waals surface area (Å²) in [5, 5.41) is 0. The number of benzene rings is 1. The standard InChI is InChI=1S/C22H31N3O2/c1-18-15-23-21(17-27-2)25(18)16-20-11-13-24(14-12-20)22(26)10-6-9-19-7-4-3-5-8-19/h3-5,7-8,15,20H,6,9-14,16-17H2,1-2H3. The van der Waals surface area contributed by atoms with Crippen LogP contribution in [0.1, 0.15) is 42.8 Å². The lowest BCUT2D eigenvalue weighted by molar-refractivity contribution is -0.132. The summed E-state index contributed by atoms with van der Waals surface area (Å²) in [6, 6.07) is 10.4. The van der Waals surface area contributed by atoms with Crippen LogP contribution in [0, 0.1) is 12.8 Å². The van der Waals surface area contributed by atoms with Crippen LogP contribution in [0.25, 0.3) is 0 Å². The molecule has 5 heteroatoms. The highest BCUT2D eigenvalue weighted by molar-refractivity contribution is 5.76. The smallest absolute Gasteiger partial charge is 0.222 e. The summed E-state index contributed by atoms with van der Waals surface area (Å²) in [6.45, 7) is 5.37. The summed E-state index contributed by atoms with van der Waals surface area (Å²) in [7, 11) is 1.70. The Morgan fingerprint density at radius 2 is 1.96 bits per heavy atom. The molecule has 1 aliphatic rings. The van der Waals surface area contributed by atoms with Crippen molar-refractivity contribution in [2.24, 2.45) is 5.92 Å². The first-order chi connectivity index (χ1) is 13.2. The SMILES string of the molecule is COCc1ncc(C)n1CC1CCN(C(=O)CCCc2ccccc2)CC1. The van der Waals surface area contributed by atoms with Gasteiger partial charge in [0.1, 0.15) is 12.4 Å². The Balaban J connectivity index is 1.42. The highest BCUT2D eigenvalue weighted by Gasteiger charge is 2.23. The maximum atomic E-state index is 12.5. The third-order valence-electron chi connectivity index (χ3n) is 5.52. The van der Waals surface area contributed by atoms with E-state index >= 15 is 0 Å². The first kappa shape index (κ1) is 19.6. The van der Waals surface area contributed by atoms with Crippen LogP contribution < -0.4 is 0 Å². The number of nitrogens with zero attached hydrogens (tertiary/aromatic N) is 3. The molecule has 0 saturated carbocycles. The summed E-state index contributed by atoms with van der Waals surface area (Å²) in [5.74, 6) is 1.90. The van der Waals surface area contributed by atoms with Crippen molar-refractivity contribution in [3.05, 3.63) is 53.6 Å². The van der Waals surface area contributed by atoms with Gasteiger partial charge in [0.15, 0.2) is 0 Å². The van der Waals surface area contributed by atoms with Gasteiger partial charge >= 0.3 is 0 Å². The van der Waals surface area contributed by atoms with Gasteiger partial charge in [0, 0.05) is 45.1 Å². The maximum absolute atomic E-state index is 12.5. The molecular formula is C22H31N3O2. The average molecular weight is 370 g/mol. The molecule has 0 N–H and O–H groups in total. The molecule has 27 heavy (non-hydrogen) atoms. The predicted molar refractivity (Wildman–Crippen MR) is 106 cm³/mol. The molecule has 1 aliphatic heterocycles. The second kappa shape index (κ2) is 9.70. The van der Waals surface area contributed by atoms with Gasteiger partial charge in [0.05, 0.1) is 0 Å². The van der Waals surface area contributed by atoms with Gasteiger partial charge in [0.2, 0.25) is 5.91 Å². The third kappa shape index (κ3) is 5.42. The summed E-state index contributed by atoms with van der Waals surface area (Å²) in [6.07, 6.45) is 6.60. The lowest BCUT2D eigenvalue weighted by Crippen LogP contribution is -2.39. The van der Waals surface area contributed by atoms with Crippen molar-refractivity contribution >= 4 is 5.91 Å². The number of imidazole rings is 1. The minimum Gasteiger partial charge on any atom is -0.377 e. The van der Waals surface area contributed by atoms with Crippen molar-refractivity contribution in [1.29, 1.82) is 0 Å². The number of hydrogen-bond donors (Lipinski definition) is 0. The fraction of sp³-hybridized carbons (Fsp3) is 0.545. The second-order valence-corrected chi connectivity index (χ2v) is 7.52. The number of carbonyl (C=O) groups is 1. The number of amides is 1. The number of aromatic nitrogens is 2. The van der Waals surface area contributed by atoms with Crippen molar-refractivity contribution in [1.82, 2.24) is 14.5 Å². The molecular weight excluding hydrogens is 338 g/mol. The molecule has 0 bridgehead atoms. The maximum Gasteiger partial charge on any atom is 0.222 e. The number of likely N-dealkylation sites (tertiary alicyclic amines) is 1. The first-order valence-electron chi connectivity index (χ1n) is 9.99. The quantitative estimate of drug-likeness (QED) is 0.714.